The van der Waals surface area contributed by atoms with Gasteiger partial charge in [-0.25, -0.2) is 0 Å². The summed E-state index contributed by atoms with van der Waals surface area (Å²) < 4.78 is 5.20. The van der Waals surface area contributed by atoms with Crippen LogP contribution in [-0.4, -0.2) is 12.9 Å². The molecule has 19 heavy (non-hydrogen) atoms. The molecule has 0 radical (unpaired) electrons. The van der Waals surface area contributed by atoms with Crippen LogP contribution in [0.3, 0.4) is 0 Å². The molecule has 0 saturated heterocycles. The van der Waals surface area contributed by atoms with Crippen LogP contribution < -0.4 is 4.74 Å². The van der Waals surface area contributed by atoms with Gasteiger partial charge in [-0.15, -0.1) is 0 Å². The summed E-state index contributed by atoms with van der Waals surface area (Å²) in [4.78, 5) is 12.3. The number of Topliss-reactive ketones (excluding diaryl/α,β-unsaturated/α-hetero) is 1. The average molecular weight is 260 g/mol. The molecule has 1 fully saturated rings. The molecule has 0 aliphatic heterocycles. The highest BCUT2D eigenvalue weighted by molar-refractivity contribution is 5.83. The molecule has 2 unspecified atom stereocenters. The van der Waals surface area contributed by atoms with Gasteiger partial charge >= 0.3 is 0 Å². The van der Waals surface area contributed by atoms with Crippen molar-refractivity contribution in [2.45, 2.75) is 45.4 Å². The lowest BCUT2D eigenvalue weighted by Gasteiger charge is -2.38. The summed E-state index contributed by atoms with van der Waals surface area (Å²) in [5.74, 6) is 2.00. The lowest BCUT2D eigenvalue weighted by atomic mass is 9.65. The minimum atomic E-state index is -0.0938. The van der Waals surface area contributed by atoms with Gasteiger partial charge in [0.15, 0.2) is 0 Å². The number of hydrogen-bond donors (Lipinski definition) is 0. The molecule has 0 amide bonds. The molecule has 2 nitrogen and oxygen atoms in total. The molecule has 104 valence electrons. The van der Waals surface area contributed by atoms with Gasteiger partial charge in [-0.2, -0.15) is 0 Å². The van der Waals surface area contributed by atoms with E-state index < -0.39 is 0 Å². The third-order valence-electron chi connectivity index (χ3n) is 4.59. The van der Waals surface area contributed by atoms with E-state index in [0.717, 1.165) is 25.0 Å². The first-order valence-corrected chi connectivity index (χ1v) is 7.12. The summed E-state index contributed by atoms with van der Waals surface area (Å²) in [6, 6.07) is 8.13. The summed E-state index contributed by atoms with van der Waals surface area (Å²) >= 11 is 0. The van der Waals surface area contributed by atoms with E-state index in [9.17, 15) is 4.79 Å². The number of carbonyl (C=O) groups excluding carboxylic acids is 1. The van der Waals surface area contributed by atoms with E-state index in [-0.39, 0.29) is 11.3 Å². The van der Waals surface area contributed by atoms with E-state index >= 15 is 0 Å². The van der Waals surface area contributed by atoms with Crippen molar-refractivity contribution in [2.75, 3.05) is 7.11 Å². The van der Waals surface area contributed by atoms with E-state index in [0.29, 0.717) is 11.7 Å². The molecular weight excluding hydrogens is 236 g/mol. The summed E-state index contributed by atoms with van der Waals surface area (Å²) in [6.07, 6.45) is 2.92. The van der Waals surface area contributed by atoms with Crippen LogP contribution in [0.15, 0.2) is 24.3 Å². The van der Waals surface area contributed by atoms with E-state index in [1.807, 2.05) is 12.1 Å². The molecule has 2 heteroatoms. The van der Waals surface area contributed by atoms with Crippen LogP contribution in [0.4, 0.5) is 0 Å². The fourth-order valence-corrected chi connectivity index (χ4v) is 3.19. The highest BCUT2D eigenvalue weighted by atomic mass is 16.5. The average Bonchev–Trinajstić information content (AvgIpc) is 2.38. The van der Waals surface area contributed by atoms with Gasteiger partial charge in [0.2, 0.25) is 0 Å². The SMILES string of the molecule is COc1ccc(C(C)(C)C2CCC(C)CC2=O)cc1. The lowest BCUT2D eigenvalue weighted by molar-refractivity contribution is -0.128. The Kier molecular flexibility index (Phi) is 3.98. The number of methoxy groups -OCH3 is 1. The number of rotatable bonds is 3. The first-order valence-electron chi connectivity index (χ1n) is 7.12. The zero-order valence-corrected chi connectivity index (χ0v) is 12.4. The molecule has 2 atom stereocenters. The van der Waals surface area contributed by atoms with Gasteiger partial charge in [0.05, 0.1) is 7.11 Å². The van der Waals surface area contributed by atoms with Crippen molar-refractivity contribution in [3.8, 4) is 5.75 Å². The maximum Gasteiger partial charge on any atom is 0.137 e. The topological polar surface area (TPSA) is 26.3 Å². The minimum Gasteiger partial charge on any atom is -0.497 e. The van der Waals surface area contributed by atoms with E-state index in [1.165, 1.54) is 5.56 Å². The zero-order valence-electron chi connectivity index (χ0n) is 12.4. The van der Waals surface area contributed by atoms with E-state index in [2.05, 4.69) is 32.9 Å². The van der Waals surface area contributed by atoms with Crippen molar-refractivity contribution in [1.82, 2.24) is 0 Å². The third-order valence-corrected chi connectivity index (χ3v) is 4.59. The Morgan fingerprint density at radius 3 is 2.32 bits per heavy atom. The second kappa shape index (κ2) is 5.36. The molecule has 0 heterocycles. The summed E-state index contributed by atoms with van der Waals surface area (Å²) in [7, 11) is 1.67. The minimum absolute atomic E-state index is 0.0938. The second-order valence-electron chi connectivity index (χ2n) is 6.36. The molecule has 1 saturated carbocycles. The summed E-state index contributed by atoms with van der Waals surface area (Å²) in [6.45, 7) is 6.55. The number of benzene rings is 1. The van der Waals surface area contributed by atoms with Crippen molar-refractivity contribution in [3.63, 3.8) is 0 Å². The largest absolute Gasteiger partial charge is 0.497 e. The van der Waals surface area contributed by atoms with Crippen LogP contribution in [0.2, 0.25) is 0 Å². The van der Waals surface area contributed by atoms with Crippen LogP contribution in [0.25, 0.3) is 0 Å². The molecule has 1 aromatic rings. The summed E-state index contributed by atoms with van der Waals surface area (Å²) in [5.41, 5.74) is 1.13. The molecule has 1 aliphatic carbocycles. The van der Waals surface area contributed by atoms with E-state index in [1.54, 1.807) is 7.11 Å². The van der Waals surface area contributed by atoms with Crippen LogP contribution in [0, 0.1) is 11.8 Å². The van der Waals surface area contributed by atoms with Crippen molar-refractivity contribution in [3.05, 3.63) is 29.8 Å². The third kappa shape index (κ3) is 2.83. The first-order chi connectivity index (χ1) is 8.95. The van der Waals surface area contributed by atoms with Gasteiger partial charge in [-0.05, 0) is 41.9 Å². The van der Waals surface area contributed by atoms with Crippen LogP contribution in [0.5, 0.6) is 5.75 Å². The fourth-order valence-electron chi connectivity index (χ4n) is 3.19. The van der Waals surface area contributed by atoms with Crippen molar-refractivity contribution < 1.29 is 9.53 Å². The van der Waals surface area contributed by atoms with Crippen molar-refractivity contribution >= 4 is 5.78 Å². The Bertz CT molecular complexity index is 445. The van der Waals surface area contributed by atoms with Gasteiger partial charge in [0.25, 0.3) is 0 Å². The number of ether oxygens (including phenoxy) is 1. The number of ketones is 1. The molecule has 0 bridgehead atoms. The van der Waals surface area contributed by atoms with Crippen LogP contribution >= 0.6 is 0 Å². The fraction of sp³-hybridized carbons (Fsp3) is 0.588. The molecular formula is C17H24O2. The van der Waals surface area contributed by atoms with E-state index in [4.69, 9.17) is 4.74 Å². The van der Waals surface area contributed by atoms with Gasteiger partial charge in [0, 0.05) is 12.3 Å². The monoisotopic (exact) mass is 260 g/mol. The quantitative estimate of drug-likeness (QED) is 0.821. The van der Waals surface area contributed by atoms with Gasteiger partial charge in [-0.3, -0.25) is 4.79 Å². The number of hydrogen-bond acceptors (Lipinski definition) is 2. The standard InChI is InChI=1S/C17H24O2/c1-12-5-10-15(16(18)11-12)17(2,3)13-6-8-14(19-4)9-7-13/h6-9,12,15H,5,10-11H2,1-4H3. The predicted octanol–water partition coefficient (Wildman–Crippen LogP) is 3.98. The predicted molar refractivity (Wildman–Crippen MR) is 77.5 cm³/mol. The number of carbonyl (C=O) groups is 1. The lowest BCUT2D eigenvalue weighted by Crippen LogP contribution is -2.38. The molecule has 2 rings (SSSR count). The Balaban J connectivity index is 2.22. The van der Waals surface area contributed by atoms with Crippen LogP contribution in [-0.2, 0) is 10.2 Å². The second-order valence-corrected chi connectivity index (χ2v) is 6.36. The Morgan fingerprint density at radius 1 is 1.16 bits per heavy atom. The van der Waals surface area contributed by atoms with Crippen molar-refractivity contribution in [2.24, 2.45) is 11.8 Å². The molecule has 0 aromatic heterocycles. The van der Waals surface area contributed by atoms with Gasteiger partial charge in [-0.1, -0.05) is 32.9 Å². The normalized spacial score (nSPS) is 24.3. The first kappa shape index (κ1) is 14.1. The maximum absolute atomic E-state index is 12.3. The molecule has 1 aromatic carbocycles. The molecule has 0 spiro atoms. The Labute approximate surface area is 116 Å². The van der Waals surface area contributed by atoms with Gasteiger partial charge < -0.3 is 4.74 Å². The Hall–Kier alpha value is -1.31. The maximum atomic E-state index is 12.3. The van der Waals surface area contributed by atoms with Crippen LogP contribution in [0.1, 0.15) is 45.6 Å². The molecule has 1 aliphatic rings. The van der Waals surface area contributed by atoms with Gasteiger partial charge in [0.1, 0.15) is 11.5 Å². The highest BCUT2D eigenvalue weighted by Crippen LogP contribution is 2.40. The van der Waals surface area contributed by atoms with Crippen molar-refractivity contribution in [1.29, 1.82) is 0 Å². The zero-order chi connectivity index (χ0) is 14.0. The smallest absolute Gasteiger partial charge is 0.137 e. The molecule has 0 N–H and O–H groups in total. The Morgan fingerprint density at radius 2 is 1.79 bits per heavy atom. The highest BCUT2D eigenvalue weighted by Gasteiger charge is 2.38. The summed E-state index contributed by atoms with van der Waals surface area (Å²) in [5, 5.41) is 0.